The highest BCUT2D eigenvalue weighted by atomic mass is 35.5. The van der Waals surface area contributed by atoms with Gasteiger partial charge in [0, 0.05) is 18.1 Å². The topological polar surface area (TPSA) is 88.6 Å². The van der Waals surface area contributed by atoms with E-state index < -0.39 is 15.9 Å². The smallest absolute Gasteiger partial charge is 0.261 e. The van der Waals surface area contributed by atoms with Crippen LogP contribution in [0.4, 0.5) is 5.13 Å². The van der Waals surface area contributed by atoms with Gasteiger partial charge in [0.05, 0.1) is 27.8 Å². The molecule has 0 atom stereocenters. The summed E-state index contributed by atoms with van der Waals surface area (Å²) in [5, 5.41) is 3.44. The number of thiazole rings is 1. The lowest BCUT2D eigenvalue weighted by Crippen LogP contribution is -2.31. The highest BCUT2D eigenvalue weighted by Crippen LogP contribution is 2.30. The molecule has 0 saturated heterocycles. The van der Waals surface area contributed by atoms with Crippen LogP contribution in [0, 0.1) is 0 Å². The first-order valence-corrected chi connectivity index (χ1v) is 11.7. The largest absolute Gasteiger partial charge is 0.496 e. The molecule has 1 aromatic heterocycles. The molecule has 0 unspecified atom stereocenters. The average Bonchev–Trinajstić information content (AvgIpc) is 3.14. The van der Waals surface area contributed by atoms with E-state index in [2.05, 4.69) is 23.5 Å². The average molecular weight is 478 g/mol. The first kappa shape index (κ1) is 23.0. The lowest BCUT2D eigenvalue weighted by molar-refractivity contribution is 0.102. The van der Waals surface area contributed by atoms with E-state index in [1.807, 2.05) is 0 Å². The summed E-state index contributed by atoms with van der Waals surface area (Å²) in [6.07, 6.45) is 3.04. The number of halogens is 1. The van der Waals surface area contributed by atoms with Crippen LogP contribution in [0.15, 0.2) is 66.6 Å². The number of anilines is 1. The van der Waals surface area contributed by atoms with E-state index in [0.717, 1.165) is 0 Å². The van der Waals surface area contributed by atoms with Gasteiger partial charge in [-0.1, -0.05) is 35.1 Å². The van der Waals surface area contributed by atoms with E-state index >= 15 is 0 Å². The Kier molecular flexibility index (Phi) is 7.11. The fourth-order valence-electron chi connectivity index (χ4n) is 2.85. The predicted octanol–water partition coefficient (Wildman–Crippen LogP) is 4.57. The minimum Gasteiger partial charge on any atom is -0.496 e. The Bertz CT molecular complexity index is 1240. The number of fused-ring (bicyclic) bond motifs is 1. The van der Waals surface area contributed by atoms with Crippen molar-refractivity contribution >= 4 is 54.2 Å². The van der Waals surface area contributed by atoms with Crippen LogP contribution in [-0.2, 0) is 10.0 Å². The van der Waals surface area contributed by atoms with E-state index in [0.29, 0.717) is 26.1 Å². The maximum atomic E-state index is 12.9. The summed E-state index contributed by atoms with van der Waals surface area (Å²) in [5.41, 5.74) is 0.832. The van der Waals surface area contributed by atoms with Crippen molar-refractivity contribution in [3.8, 4) is 5.75 Å². The zero-order chi connectivity index (χ0) is 22.6. The third-order valence-electron chi connectivity index (χ3n) is 4.29. The summed E-state index contributed by atoms with van der Waals surface area (Å²) in [7, 11) is -2.28. The minimum atomic E-state index is -3.74. The van der Waals surface area contributed by atoms with Crippen molar-refractivity contribution in [2.45, 2.75) is 4.90 Å². The van der Waals surface area contributed by atoms with Gasteiger partial charge in [-0.3, -0.25) is 10.1 Å². The molecule has 0 aliphatic heterocycles. The number of benzene rings is 2. The van der Waals surface area contributed by atoms with Gasteiger partial charge in [0.1, 0.15) is 5.75 Å². The lowest BCUT2D eigenvalue weighted by atomic mass is 10.2. The van der Waals surface area contributed by atoms with Crippen LogP contribution in [0.25, 0.3) is 10.2 Å². The molecule has 31 heavy (non-hydrogen) atoms. The number of sulfonamides is 1. The first-order valence-electron chi connectivity index (χ1n) is 9.07. The van der Waals surface area contributed by atoms with Crippen LogP contribution in [0.3, 0.4) is 0 Å². The van der Waals surface area contributed by atoms with Gasteiger partial charge < -0.3 is 4.74 Å². The van der Waals surface area contributed by atoms with Gasteiger partial charge in [-0.2, -0.15) is 4.31 Å². The summed E-state index contributed by atoms with van der Waals surface area (Å²) in [6.45, 7) is 7.54. The number of ether oxygens (including phenoxy) is 1. The quantitative estimate of drug-likeness (QED) is 0.456. The fraction of sp³-hybridized carbons (Fsp3) is 0.143. The normalized spacial score (nSPS) is 11.5. The third kappa shape index (κ3) is 4.96. The number of nitrogens with zero attached hydrogens (tertiary/aromatic N) is 2. The van der Waals surface area contributed by atoms with E-state index in [4.69, 9.17) is 16.3 Å². The van der Waals surface area contributed by atoms with Crippen molar-refractivity contribution in [1.82, 2.24) is 9.29 Å². The van der Waals surface area contributed by atoms with Gasteiger partial charge in [0.2, 0.25) is 10.0 Å². The number of rotatable bonds is 9. The summed E-state index contributed by atoms with van der Waals surface area (Å²) in [4.78, 5) is 17.2. The Balaban J connectivity index is 1.91. The third-order valence-corrected chi connectivity index (χ3v) is 7.29. The molecular weight excluding hydrogens is 458 g/mol. The Morgan fingerprint density at radius 3 is 2.58 bits per heavy atom. The number of nitrogens with one attached hydrogen (secondary N) is 1. The first-order chi connectivity index (χ1) is 14.8. The molecule has 0 bridgehead atoms. The summed E-state index contributed by atoms with van der Waals surface area (Å²) in [5.74, 6) is -0.0599. The summed E-state index contributed by atoms with van der Waals surface area (Å²) < 4.78 is 33.0. The zero-order valence-electron chi connectivity index (χ0n) is 16.7. The Morgan fingerprint density at radius 2 is 1.94 bits per heavy atom. The molecule has 0 radical (unpaired) electrons. The van der Waals surface area contributed by atoms with E-state index in [-0.39, 0.29) is 23.5 Å². The van der Waals surface area contributed by atoms with Crippen molar-refractivity contribution in [2.75, 3.05) is 25.5 Å². The Hall–Kier alpha value is -2.72. The van der Waals surface area contributed by atoms with Crippen molar-refractivity contribution in [3.63, 3.8) is 0 Å². The van der Waals surface area contributed by atoms with Crippen molar-refractivity contribution in [3.05, 3.63) is 72.3 Å². The van der Waals surface area contributed by atoms with Crippen LogP contribution in [0.5, 0.6) is 5.75 Å². The van der Waals surface area contributed by atoms with Gasteiger partial charge >= 0.3 is 0 Å². The molecular formula is C21H20ClN3O4S2. The molecule has 1 amide bonds. The number of hydrogen-bond acceptors (Lipinski definition) is 6. The standard InChI is InChI=1S/C21H20ClN3O4S2/c1-4-10-25(11-5-2)31(27,28)15-7-8-17-19(13-15)30-21(23-17)24-20(26)16-12-14(22)6-9-18(16)29-3/h4-9,12-13H,1-2,10-11H2,3H3,(H,23,24,26). The molecule has 0 spiro atoms. The molecule has 0 fully saturated rings. The van der Waals surface area contributed by atoms with E-state index in [9.17, 15) is 13.2 Å². The van der Waals surface area contributed by atoms with Gasteiger partial charge in [-0.15, -0.1) is 13.2 Å². The van der Waals surface area contributed by atoms with Crippen LogP contribution < -0.4 is 10.1 Å². The molecule has 1 heterocycles. The van der Waals surface area contributed by atoms with Crippen LogP contribution >= 0.6 is 22.9 Å². The lowest BCUT2D eigenvalue weighted by Gasteiger charge is -2.18. The minimum absolute atomic E-state index is 0.127. The van der Waals surface area contributed by atoms with Gasteiger partial charge in [0.25, 0.3) is 5.91 Å². The maximum absolute atomic E-state index is 12.9. The Morgan fingerprint density at radius 1 is 1.23 bits per heavy atom. The van der Waals surface area contributed by atoms with E-state index in [1.54, 1.807) is 18.2 Å². The second-order valence-electron chi connectivity index (χ2n) is 6.35. The van der Waals surface area contributed by atoms with Crippen LogP contribution in [0.2, 0.25) is 5.02 Å². The molecule has 7 nitrogen and oxygen atoms in total. The fourth-order valence-corrected chi connectivity index (χ4v) is 5.40. The van der Waals surface area contributed by atoms with Gasteiger partial charge in [-0.25, -0.2) is 13.4 Å². The molecule has 162 valence electrons. The highest BCUT2D eigenvalue weighted by molar-refractivity contribution is 7.89. The monoisotopic (exact) mass is 477 g/mol. The van der Waals surface area contributed by atoms with Crippen molar-refractivity contribution in [1.29, 1.82) is 0 Å². The Labute approximate surface area is 189 Å². The second-order valence-corrected chi connectivity index (χ2v) is 9.75. The maximum Gasteiger partial charge on any atom is 0.261 e. The number of hydrogen-bond donors (Lipinski definition) is 1. The number of aromatic nitrogens is 1. The van der Waals surface area contributed by atoms with Crippen molar-refractivity contribution in [2.24, 2.45) is 0 Å². The van der Waals surface area contributed by atoms with Crippen LogP contribution in [0.1, 0.15) is 10.4 Å². The molecule has 1 N–H and O–H groups in total. The summed E-state index contributed by atoms with van der Waals surface area (Å²) >= 11 is 7.16. The zero-order valence-corrected chi connectivity index (χ0v) is 19.1. The second kappa shape index (κ2) is 9.61. The molecule has 0 aliphatic carbocycles. The van der Waals surface area contributed by atoms with Gasteiger partial charge in [0.15, 0.2) is 5.13 Å². The SMILES string of the molecule is C=CCN(CC=C)S(=O)(=O)c1ccc2nc(NC(=O)c3cc(Cl)ccc3OC)sc2c1. The highest BCUT2D eigenvalue weighted by Gasteiger charge is 2.23. The molecule has 2 aromatic carbocycles. The molecule has 3 rings (SSSR count). The van der Waals surface area contributed by atoms with Crippen LogP contribution in [-0.4, -0.2) is 43.8 Å². The molecule has 0 saturated carbocycles. The number of carbonyl (C=O) groups excluding carboxylic acids is 1. The molecule has 0 aliphatic rings. The predicted molar refractivity (Wildman–Crippen MR) is 125 cm³/mol. The van der Waals surface area contributed by atoms with E-state index in [1.165, 1.54) is 53.1 Å². The number of carbonyl (C=O) groups is 1. The molecule has 10 heteroatoms. The van der Waals surface area contributed by atoms with Gasteiger partial charge in [-0.05, 0) is 36.4 Å². The summed E-state index contributed by atoms with van der Waals surface area (Å²) in [6, 6.07) is 9.36. The number of methoxy groups -OCH3 is 1. The molecule has 3 aromatic rings. The van der Waals surface area contributed by atoms with Crippen molar-refractivity contribution < 1.29 is 17.9 Å². The number of amides is 1.